The van der Waals surface area contributed by atoms with E-state index in [1.54, 1.807) is 0 Å². The summed E-state index contributed by atoms with van der Waals surface area (Å²) in [6.45, 7) is 5.58. The Kier molecular flexibility index (Phi) is 5.23. The van der Waals surface area contributed by atoms with E-state index in [2.05, 4.69) is 12.2 Å². The highest BCUT2D eigenvalue weighted by molar-refractivity contribution is 6.31. The predicted octanol–water partition coefficient (Wildman–Crippen LogP) is 1.27. The van der Waals surface area contributed by atoms with Crippen LogP contribution in [0.15, 0.2) is 24.3 Å². The van der Waals surface area contributed by atoms with Gasteiger partial charge in [0, 0.05) is 17.5 Å². The lowest BCUT2D eigenvalue weighted by Gasteiger charge is -2.27. The maximum absolute atomic E-state index is 11.9. The Morgan fingerprint density at radius 1 is 1.47 bits per heavy atom. The number of benzene rings is 1. The summed E-state index contributed by atoms with van der Waals surface area (Å²) in [5.41, 5.74) is 0.972. The summed E-state index contributed by atoms with van der Waals surface area (Å²) in [5, 5.41) is 3.67. The Hall–Kier alpha value is -1.06. The molecule has 1 heterocycles. The SMILES string of the molecule is C[C@H]1CCC[NH+](CC(=O)NCc2ccccc2Cl)C1. The molecule has 4 heteroatoms. The molecule has 0 spiro atoms. The molecule has 1 saturated heterocycles. The van der Waals surface area contributed by atoms with Crippen molar-refractivity contribution in [2.75, 3.05) is 19.6 Å². The lowest BCUT2D eigenvalue weighted by Crippen LogP contribution is -3.14. The number of hydrogen-bond acceptors (Lipinski definition) is 1. The lowest BCUT2D eigenvalue weighted by molar-refractivity contribution is -0.900. The van der Waals surface area contributed by atoms with Gasteiger partial charge in [-0.25, -0.2) is 0 Å². The van der Waals surface area contributed by atoms with Gasteiger partial charge in [0.05, 0.1) is 13.1 Å². The minimum absolute atomic E-state index is 0.115. The van der Waals surface area contributed by atoms with Gasteiger partial charge in [-0.05, 0) is 24.5 Å². The first-order valence-electron chi connectivity index (χ1n) is 6.99. The van der Waals surface area contributed by atoms with Crippen molar-refractivity contribution in [2.45, 2.75) is 26.3 Å². The molecule has 0 saturated carbocycles. The molecule has 19 heavy (non-hydrogen) atoms. The summed E-state index contributed by atoms with van der Waals surface area (Å²) in [7, 11) is 0. The summed E-state index contributed by atoms with van der Waals surface area (Å²) in [6.07, 6.45) is 2.53. The van der Waals surface area contributed by atoms with Crippen LogP contribution < -0.4 is 10.2 Å². The number of likely N-dealkylation sites (tertiary alicyclic amines) is 1. The topological polar surface area (TPSA) is 33.5 Å². The number of carbonyl (C=O) groups excluding carboxylic acids is 1. The molecule has 1 aliphatic heterocycles. The second-order valence-electron chi connectivity index (χ2n) is 5.50. The van der Waals surface area contributed by atoms with Gasteiger partial charge in [0.15, 0.2) is 6.54 Å². The molecule has 0 aliphatic carbocycles. The van der Waals surface area contributed by atoms with Gasteiger partial charge < -0.3 is 10.2 Å². The molecule has 104 valence electrons. The van der Waals surface area contributed by atoms with Crippen molar-refractivity contribution in [3.63, 3.8) is 0 Å². The van der Waals surface area contributed by atoms with Gasteiger partial charge in [0.25, 0.3) is 5.91 Å². The number of rotatable bonds is 4. The van der Waals surface area contributed by atoms with Crippen molar-refractivity contribution < 1.29 is 9.69 Å². The normalized spacial score (nSPS) is 23.1. The maximum Gasteiger partial charge on any atom is 0.275 e. The monoisotopic (exact) mass is 281 g/mol. The first kappa shape index (κ1) is 14.4. The highest BCUT2D eigenvalue weighted by atomic mass is 35.5. The molecule has 1 aromatic rings. The molecule has 1 unspecified atom stereocenters. The van der Waals surface area contributed by atoms with E-state index < -0.39 is 0 Å². The third-order valence-corrected chi connectivity index (χ3v) is 4.08. The fourth-order valence-electron chi connectivity index (χ4n) is 2.68. The van der Waals surface area contributed by atoms with E-state index in [-0.39, 0.29) is 5.91 Å². The average Bonchev–Trinajstić information content (AvgIpc) is 2.38. The molecule has 3 nitrogen and oxygen atoms in total. The Bertz CT molecular complexity index is 436. The van der Waals surface area contributed by atoms with Crippen molar-refractivity contribution >= 4 is 17.5 Å². The molecular formula is C15H22ClN2O+. The van der Waals surface area contributed by atoms with Crippen molar-refractivity contribution in [1.29, 1.82) is 0 Å². The summed E-state index contributed by atoms with van der Waals surface area (Å²) in [6, 6.07) is 7.62. The van der Waals surface area contributed by atoms with E-state index in [4.69, 9.17) is 11.6 Å². The van der Waals surface area contributed by atoms with Crippen LogP contribution in [0.25, 0.3) is 0 Å². The number of hydrogen-bond donors (Lipinski definition) is 2. The Morgan fingerprint density at radius 3 is 3.00 bits per heavy atom. The quantitative estimate of drug-likeness (QED) is 0.856. The molecule has 2 N–H and O–H groups in total. The Morgan fingerprint density at radius 2 is 2.26 bits per heavy atom. The van der Waals surface area contributed by atoms with E-state index >= 15 is 0 Å². The lowest BCUT2D eigenvalue weighted by atomic mass is 10.0. The third kappa shape index (κ3) is 4.51. The summed E-state index contributed by atoms with van der Waals surface area (Å²) < 4.78 is 0. The zero-order valence-electron chi connectivity index (χ0n) is 11.4. The first-order valence-corrected chi connectivity index (χ1v) is 7.36. The Labute approximate surface area is 119 Å². The van der Waals surface area contributed by atoms with Crippen LogP contribution >= 0.6 is 11.6 Å². The fraction of sp³-hybridized carbons (Fsp3) is 0.533. The molecule has 2 rings (SSSR count). The van der Waals surface area contributed by atoms with Gasteiger partial charge in [-0.2, -0.15) is 0 Å². The van der Waals surface area contributed by atoms with E-state index in [1.165, 1.54) is 17.7 Å². The molecule has 0 radical (unpaired) electrons. The highest BCUT2D eigenvalue weighted by Gasteiger charge is 2.21. The van der Waals surface area contributed by atoms with Gasteiger partial charge in [0.2, 0.25) is 0 Å². The van der Waals surface area contributed by atoms with E-state index in [9.17, 15) is 4.79 Å². The summed E-state index contributed by atoms with van der Waals surface area (Å²) >= 11 is 6.06. The zero-order valence-corrected chi connectivity index (χ0v) is 12.2. The van der Waals surface area contributed by atoms with Gasteiger partial charge in [-0.3, -0.25) is 4.79 Å². The van der Waals surface area contributed by atoms with E-state index in [1.807, 2.05) is 24.3 Å². The molecule has 1 fully saturated rings. The van der Waals surface area contributed by atoms with Crippen molar-refractivity contribution in [3.8, 4) is 0 Å². The van der Waals surface area contributed by atoms with E-state index in [0.717, 1.165) is 24.6 Å². The second-order valence-corrected chi connectivity index (χ2v) is 5.90. The number of carbonyl (C=O) groups is 1. The molecule has 1 aromatic carbocycles. The molecule has 0 aromatic heterocycles. The Balaban J connectivity index is 1.77. The smallest absolute Gasteiger partial charge is 0.275 e. The molecule has 2 atom stereocenters. The van der Waals surface area contributed by atoms with Crippen LogP contribution in [-0.2, 0) is 11.3 Å². The van der Waals surface area contributed by atoms with Crippen LogP contribution in [0.3, 0.4) is 0 Å². The van der Waals surface area contributed by atoms with Crippen molar-refractivity contribution in [3.05, 3.63) is 34.9 Å². The number of nitrogens with one attached hydrogen (secondary N) is 2. The summed E-state index contributed by atoms with van der Waals surface area (Å²) in [4.78, 5) is 13.3. The molecular weight excluding hydrogens is 260 g/mol. The van der Waals surface area contributed by atoms with Crippen LogP contribution in [0.5, 0.6) is 0 Å². The minimum atomic E-state index is 0.115. The standard InChI is InChI=1S/C15H21ClN2O/c1-12-5-4-8-18(10-12)11-15(19)17-9-13-6-2-3-7-14(13)16/h2-3,6-7,12H,4-5,8-11H2,1H3,(H,17,19)/p+1/t12-/m0/s1. The number of piperidine rings is 1. The van der Waals surface area contributed by atoms with E-state index in [0.29, 0.717) is 18.1 Å². The highest BCUT2D eigenvalue weighted by Crippen LogP contribution is 2.14. The van der Waals surface area contributed by atoms with Crippen molar-refractivity contribution in [2.24, 2.45) is 5.92 Å². The molecule has 1 amide bonds. The predicted molar refractivity (Wildman–Crippen MR) is 77.3 cm³/mol. The van der Waals surface area contributed by atoms with Gasteiger partial charge in [-0.1, -0.05) is 36.7 Å². The van der Waals surface area contributed by atoms with Crippen LogP contribution in [-0.4, -0.2) is 25.5 Å². The summed E-state index contributed by atoms with van der Waals surface area (Å²) in [5.74, 6) is 0.851. The molecule has 0 bridgehead atoms. The van der Waals surface area contributed by atoms with Crippen LogP contribution in [0.2, 0.25) is 5.02 Å². The number of amides is 1. The van der Waals surface area contributed by atoms with Gasteiger partial charge in [-0.15, -0.1) is 0 Å². The molecule has 1 aliphatic rings. The van der Waals surface area contributed by atoms with Crippen LogP contribution in [0, 0.1) is 5.92 Å². The minimum Gasteiger partial charge on any atom is -0.347 e. The van der Waals surface area contributed by atoms with Gasteiger partial charge >= 0.3 is 0 Å². The number of halogens is 1. The zero-order chi connectivity index (χ0) is 13.7. The fourth-order valence-corrected chi connectivity index (χ4v) is 2.89. The number of quaternary nitrogens is 1. The third-order valence-electron chi connectivity index (χ3n) is 3.71. The van der Waals surface area contributed by atoms with Crippen molar-refractivity contribution in [1.82, 2.24) is 5.32 Å². The van der Waals surface area contributed by atoms with Crippen LogP contribution in [0.1, 0.15) is 25.3 Å². The average molecular weight is 282 g/mol. The largest absolute Gasteiger partial charge is 0.347 e. The maximum atomic E-state index is 11.9. The first-order chi connectivity index (χ1) is 9.15. The van der Waals surface area contributed by atoms with Gasteiger partial charge in [0.1, 0.15) is 0 Å². The second kappa shape index (κ2) is 6.92. The van der Waals surface area contributed by atoms with Crippen LogP contribution in [0.4, 0.5) is 0 Å².